The number of amides is 1. The van der Waals surface area contributed by atoms with E-state index in [0.717, 1.165) is 21.8 Å². The summed E-state index contributed by atoms with van der Waals surface area (Å²) in [5, 5.41) is 4.68. The Labute approximate surface area is 163 Å². The summed E-state index contributed by atoms with van der Waals surface area (Å²) in [6.45, 7) is 6.25. The summed E-state index contributed by atoms with van der Waals surface area (Å²) >= 11 is 1.42. The molecule has 6 heteroatoms. The molecule has 27 heavy (non-hydrogen) atoms. The van der Waals surface area contributed by atoms with Crippen molar-refractivity contribution in [2.24, 2.45) is 0 Å². The molecule has 0 fully saturated rings. The Kier molecular flexibility index (Phi) is 5.65. The van der Waals surface area contributed by atoms with Crippen molar-refractivity contribution >= 4 is 34.3 Å². The first-order valence-corrected chi connectivity index (χ1v) is 9.70. The Morgan fingerprint density at radius 2 is 1.78 bits per heavy atom. The number of nitrogens with zero attached hydrogens (tertiary/aromatic N) is 2. The lowest BCUT2D eigenvalue weighted by Gasteiger charge is -2.18. The summed E-state index contributed by atoms with van der Waals surface area (Å²) in [6, 6.07) is 15.2. The minimum absolute atomic E-state index is 0.107. The number of benzene rings is 2. The minimum atomic E-state index is -0.168. The SMILES string of the molecule is COc1ccccc1NC(=O)CSc1nc(C(C)(C)C)nc2ccccc12. The van der Waals surface area contributed by atoms with Crippen LogP contribution >= 0.6 is 11.8 Å². The molecule has 0 spiro atoms. The van der Waals surface area contributed by atoms with Crippen LogP contribution in [0.4, 0.5) is 5.69 Å². The van der Waals surface area contributed by atoms with E-state index in [1.807, 2.05) is 48.5 Å². The molecular formula is C21H23N3O2S. The number of rotatable bonds is 5. The van der Waals surface area contributed by atoms with Crippen molar-refractivity contribution in [3.63, 3.8) is 0 Å². The van der Waals surface area contributed by atoms with Crippen LogP contribution in [0.5, 0.6) is 5.75 Å². The van der Waals surface area contributed by atoms with Crippen molar-refractivity contribution in [2.75, 3.05) is 18.2 Å². The average Bonchev–Trinajstić information content (AvgIpc) is 2.65. The molecule has 0 saturated heterocycles. The Morgan fingerprint density at radius 3 is 2.52 bits per heavy atom. The predicted octanol–water partition coefficient (Wildman–Crippen LogP) is 4.67. The normalized spacial score (nSPS) is 11.4. The van der Waals surface area contributed by atoms with Gasteiger partial charge in [0, 0.05) is 10.8 Å². The molecule has 1 heterocycles. The summed E-state index contributed by atoms with van der Waals surface area (Å²) in [5.74, 6) is 1.56. The van der Waals surface area contributed by atoms with E-state index in [0.29, 0.717) is 11.4 Å². The van der Waals surface area contributed by atoms with Gasteiger partial charge in [0.2, 0.25) is 5.91 Å². The number of hydrogen-bond donors (Lipinski definition) is 1. The van der Waals surface area contributed by atoms with Crippen LogP contribution in [0.3, 0.4) is 0 Å². The maximum absolute atomic E-state index is 12.4. The topological polar surface area (TPSA) is 64.1 Å². The molecular weight excluding hydrogens is 358 g/mol. The van der Waals surface area contributed by atoms with Crippen molar-refractivity contribution in [2.45, 2.75) is 31.2 Å². The summed E-state index contributed by atoms with van der Waals surface area (Å²) in [5.41, 5.74) is 1.39. The van der Waals surface area contributed by atoms with Gasteiger partial charge >= 0.3 is 0 Å². The molecule has 5 nitrogen and oxygen atoms in total. The van der Waals surface area contributed by atoms with Gasteiger partial charge in [-0.25, -0.2) is 9.97 Å². The Morgan fingerprint density at radius 1 is 1.07 bits per heavy atom. The number of ether oxygens (including phenoxy) is 1. The van der Waals surface area contributed by atoms with Crippen LogP contribution in [0.2, 0.25) is 0 Å². The molecule has 0 aliphatic heterocycles. The zero-order valence-corrected chi connectivity index (χ0v) is 16.8. The second-order valence-electron chi connectivity index (χ2n) is 7.16. The lowest BCUT2D eigenvalue weighted by atomic mass is 9.95. The largest absolute Gasteiger partial charge is 0.495 e. The van der Waals surface area contributed by atoms with Gasteiger partial charge in [0.05, 0.1) is 24.1 Å². The van der Waals surface area contributed by atoms with E-state index >= 15 is 0 Å². The van der Waals surface area contributed by atoms with Gasteiger partial charge in [-0.1, -0.05) is 62.9 Å². The number of carbonyl (C=O) groups excluding carboxylic acids is 1. The smallest absolute Gasteiger partial charge is 0.234 e. The molecule has 0 atom stereocenters. The maximum atomic E-state index is 12.4. The van der Waals surface area contributed by atoms with E-state index in [1.165, 1.54) is 11.8 Å². The Hall–Kier alpha value is -2.60. The molecule has 1 amide bonds. The van der Waals surface area contributed by atoms with E-state index in [9.17, 15) is 4.79 Å². The molecule has 2 aromatic carbocycles. The van der Waals surface area contributed by atoms with E-state index in [-0.39, 0.29) is 17.1 Å². The van der Waals surface area contributed by atoms with Gasteiger partial charge in [0.25, 0.3) is 0 Å². The minimum Gasteiger partial charge on any atom is -0.495 e. The van der Waals surface area contributed by atoms with Gasteiger partial charge in [-0.05, 0) is 18.2 Å². The van der Waals surface area contributed by atoms with E-state index in [4.69, 9.17) is 9.72 Å². The first-order chi connectivity index (χ1) is 12.9. The highest BCUT2D eigenvalue weighted by Crippen LogP contribution is 2.29. The second kappa shape index (κ2) is 7.96. The van der Waals surface area contributed by atoms with Crippen molar-refractivity contribution in [3.8, 4) is 5.75 Å². The van der Waals surface area contributed by atoms with Crippen LogP contribution < -0.4 is 10.1 Å². The average molecular weight is 382 g/mol. The van der Waals surface area contributed by atoms with Gasteiger partial charge in [0.1, 0.15) is 16.6 Å². The number of fused-ring (bicyclic) bond motifs is 1. The Balaban J connectivity index is 1.81. The van der Waals surface area contributed by atoms with E-state index in [1.54, 1.807) is 7.11 Å². The lowest BCUT2D eigenvalue weighted by Crippen LogP contribution is -2.17. The van der Waals surface area contributed by atoms with Gasteiger partial charge in [-0.2, -0.15) is 0 Å². The predicted molar refractivity (Wildman–Crippen MR) is 111 cm³/mol. The molecule has 0 aliphatic carbocycles. The second-order valence-corrected chi connectivity index (χ2v) is 8.12. The molecule has 140 valence electrons. The molecule has 3 aromatic rings. The summed E-state index contributed by atoms with van der Waals surface area (Å²) in [7, 11) is 1.58. The molecule has 1 aromatic heterocycles. The molecule has 3 rings (SSSR count). The highest BCUT2D eigenvalue weighted by atomic mass is 32.2. The van der Waals surface area contributed by atoms with Gasteiger partial charge in [-0.15, -0.1) is 0 Å². The quantitative estimate of drug-likeness (QED) is 0.514. The molecule has 0 radical (unpaired) electrons. The first kappa shape index (κ1) is 19.2. The van der Waals surface area contributed by atoms with Crippen LogP contribution in [0.25, 0.3) is 10.9 Å². The third-order valence-corrected chi connectivity index (χ3v) is 4.95. The van der Waals surface area contributed by atoms with Crippen molar-refractivity contribution in [1.29, 1.82) is 0 Å². The molecule has 0 aliphatic rings. The van der Waals surface area contributed by atoms with Gasteiger partial charge < -0.3 is 10.1 Å². The number of carbonyl (C=O) groups is 1. The third-order valence-electron chi connectivity index (χ3n) is 3.96. The Bertz CT molecular complexity index is 967. The summed E-state index contributed by atoms with van der Waals surface area (Å²) in [4.78, 5) is 21.9. The molecule has 1 N–H and O–H groups in total. The van der Waals surface area contributed by atoms with E-state index < -0.39 is 0 Å². The van der Waals surface area contributed by atoms with Crippen molar-refractivity contribution in [3.05, 3.63) is 54.4 Å². The summed E-state index contributed by atoms with van der Waals surface area (Å²) < 4.78 is 5.28. The number of thioether (sulfide) groups is 1. The van der Waals surface area contributed by atoms with Gasteiger partial charge in [-0.3, -0.25) is 4.79 Å². The molecule has 0 bridgehead atoms. The number of nitrogens with one attached hydrogen (secondary N) is 1. The van der Waals surface area contributed by atoms with Gasteiger partial charge in [0.15, 0.2) is 0 Å². The van der Waals surface area contributed by atoms with Crippen LogP contribution in [-0.4, -0.2) is 28.7 Å². The maximum Gasteiger partial charge on any atom is 0.234 e. The lowest BCUT2D eigenvalue weighted by molar-refractivity contribution is -0.113. The fourth-order valence-electron chi connectivity index (χ4n) is 2.56. The third kappa shape index (κ3) is 4.57. The zero-order valence-electron chi connectivity index (χ0n) is 15.9. The van der Waals surface area contributed by atoms with Crippen molar-refractivity contribution in [1.82, 2.24) is 9.97 Å². The van der Waals surface area contributed by atoms with Crippen LogP contribution in [0, 0.1) is 0 Å². The number of methoxy groups -OCH3 is 1. The fraction of sp³-hybridized carbons (Fsp3) is 0.286. The number of anilines is 1. The molecule has 0 unspecified atom stereocenters. The number of para-hydroxylation sites is 3. The fourth-order valence-corrected chi connectivity index (χ4v) is 3.38. The first-order valence-electron chi connectivity index (χ1n) is 8.71. The standard InChI is InChI=1S/C21H23N3O2S/c1-21(2,3)20-23-15-10-6-5-9-14(15)19(24-20)27-13-18(25)22-16-11-7-8-12-17(16)26-4/h5-12H,13H2,1-4H3,(H,22,25). The number of aromatic nitrogens is 2. The highest BCUT2D eigenvalue weighted by Gasteiger charge is 2.20. The van der Waals surface area contributed by atoms with Crippen LogP contribution in [-0.2, 0) is 10.2 Å². The molecule has 0 saturated carbocycles. The van der Waals surface area contributed by atoms with E-state index in [2.05, 4.69) is 31.1 Å². The van der Waals surface area contributed by atoms with Crippen molar-refractivity contribution < 1.29 is 9.53 Å². The summed E-state index contributed by atoms with van der Waals surface area (Å²) in [6.07, 6.45) is 0. The highest BCUT2D eigenvalue weighted by molar-refractivity contribution is 8.00. The zero-order chi connectivity index (χ0) is 19.4. The monoisotopic (exact) mass is 381 g/mol. The number of hydrogen-bond acceptors (Lipinski definition) is 5. The van der Waals surface area contributed by atoms with Crippen LogP contribution in [0.1, 0.15) is 26.6 Å². The van der Waals surface area contributed by atoms with Crippen LogP contribution in [0.15, 0.2) is 53.6 Å².